The van der Waals surface area contributed by atoms with E-state index >= 15 is 0 Å². The monoisotopic (exact) mass is 262 g/mol. The van der Waals surface area contributed by atoms with Crippen LogP contribution >= 0.6 is 0 Å². The van der Waals surface area contributed by atoms with Gasteiger partial charge in [0.1, 0.15) is 0 Å². The van der Waals surface area contributed by atoms with Gasteiger partial charge in [0.2, 0.25) is 0 Å². The molecule has 0 aliphatic rings. The average molecular weight is 262 g/mol. The Bertz CT molecular complexity index is 210. The first-order valence-corrected chi connectivity index (χ1v) is 5.93. The van der Waals surface area contributed by atoms with Gasteiger partial charge in [0.15, 0.2) is 0 Å². The zero-order chi connectivity index (χ0) is 13.7. The van der Waals surface area contributed by atoms with Gasteiger partial charge >= 0.3 is 12.1 Å². The summed E-state index contributed by atoms with van der Waals surface area (Å²) in [7, 11) is 0. The first-order valence-electron chi connectivity index (χ1n) is 5.93. The zero-order valence-corrected chi connectivity index (χ0v) is 10.6. The highest BCUT2D eigenvalue weighted by Crippen LogP contribution is 2.38. The molecule has 17 heavy (non-hydrogen) atoms. The van der Waals surface area contributed by atoms with Gasteiger partial charge in [-0.25, -0.2) is 0 Å². The number of halogens is 5. The van der Waals surface area contributed by atoms with Crippen LogP contribution in [-0.4, -0.2) is 42.8 Å². The lowest BCUT2D eigenvalue weighted by atomic mass is 10.1. The SMILES string of the molecule is CC[N+](CC)(CC)CCCC(F)(F)C(F)(F)F. The van der Waals surface area contributed by atoms with E-state index in [9.17, 15) is 22.0 Å². The van der Waals surface area contributed by atoms with Crippen molar-refractivity contribution >= 4 is 0 Å². The molecule has 0 aromatic heterocycles. The van der Waals surface area contributed by atoms with Crippen molar-refractivity contribution in [3.63, 3.8) is 0 Å². The number of alkyl halides is 5. The van der Waals surface area contributed by atoms with Gasteiger partial charge in [0.25, 0.3) is 0 Å². The lowest BCUT2D eigenvalue weighted by Crippen LogP contribution is -2.48. The highest BCUT2D eigenvalue weighted by atomic mass is 19.4. The van der Waals surface area contributed by atoms with Crippen molar-refractivity contribution in [3.8, 4) is 0 Å². The van der Waals surface area contributed by atoms with Gasteiger partial charge in [-0.05, 0) is 20.8 Å². The minimum Gasteiger partial charge on any atom is -0.324 e. The smallest absolute Gasteiger partial charge is 0.324 e. The summed E-state index contributed by atoms with van der Waals surface area (Å²) in [6.07, 6.45) is -6.65. The number of quaternary nitrogens is 1. The normalized spacial score (nSPS) is 14.1. The maximum Gasteiger partial charge on any atom is 0.453 e. The predicted molar refractivity (Wildman–Crippen MR) is 57.0 cm³/mol. The first kappa shape index (κ1) is 16.6. The summed E-state index contributed by atoms with van der Waals surface area (Å²) in [5, 5.41) is 0. The van der Waals surface area contributed by atoms with Crippen LogP contribution in [0.4, 0.5) is 22.0 Å². The van der Waals surface area contributed by atoms with Gasteiger partial charge in [-0.3, -0.25) is 0 Å². The average Bonchev–Trinajstić information content (AvgIpc) is 2.23. The fourth-order valence-corrected chi connectivity index (χ4v) is 1.92. The molecule has 0 heterocycles. The molecular weight excluding hydrogens is 241 g/mol. The van der Waals surface area contributed by atoms with Crippen molar-refractivity contribution in [3.05, 3.63) is 0 Å². The van der Waals surface area contributed by atoms with E-state index in [0.717, 1.165) is 19.6 Å². The number of hydrogen-bond acceptors (Lipinski definition) is 0. The first-order chi connectivity index (χ1) is 7.64. The standard InChI is InChI=1S/C11H21F5N/c1-4-17(5-2,6-3)9-7-8-10(12,13)11(14,15)16/h4-9H2,1-3H3/q+1. The Kier molecular flexibility index (Phi) is 5.84. The maximum atomic E-state index is 12.7. The summed E-state index contributed by atoms with van der Waals surface area (Å²) in [5.41, 5.74) is 0. The van der Waals surface area contributed by atoms with Crippen LogP contribution in [0.15, 0.2) is 0 Å². The lowest BCUT2D eigenvalue weighted by Gasteiger charge is -2.36. The molecule has 0 aliphatic carbocycles. The predicted octanol–water partition coefficient (Wildman–Crippen LogP) is 3.84. The van der Waals surface area contributed by atoms with Crippen LogP contribution in [0, 0.1) is 0 Å². The molecule has 0 aliphatic heterocycles. The largest absolute Gasteiger partial charge is 0.453 e. The molecule has 0 radical (unpaired) electrons. The van der Waals surface area contributed by atoms with E-state index in [2.05, 4.69) is 0 Å². The molecule has 0 amide bonds. The third-order valence-electron chi connectivity index (χ3n) is 3.55. The molecule has 0 aromatic carbocycles. The minimum absolute atomic E-state index is 0.109. The van der Waals surface area contributed by atoms with E-state index in [1.807, 2.05) is 20.8 Å². The Morgan fingerprint density at radius 1 is 0.824 bits per heavy atom. The van der Waals surface area contributed by atoms with Crippen molar-refractivity contribution < 1.29 is 26.4 Å². The molecular formula is C11H21F5N+. The summed E-state index contributed by atoms with van der Waals surface area (Å²) in [5.74, 6) is -4.56. The van der Waals surface area contributed by atoms with E-state index < -0.39 is 18.5 Å². The summed E-state index contributed by atoms with van der Waals surface area (Å²) >= 11 is 0. The molecule has 0 saturated carbocycles. The van der Waals surface area contributed by atoms with E-state index in [0.29, 0.717) is 11.0 Å². The number of hydrogen-bond donors (Lipinski definition) is 0. The molecule has 0 unspecified atom stereocenters. The summed E-state index contributed by atoms with van der Waals surface area (Å²) in [4.78, 5) is 0. The second-order valence-corrected chi connectivity index (χ2v) is 4.32. The van der Waals surface area contributed by atoms with E-state index in [4.69, 9.17) is 0 Å². The third-order valence-corrected chi connectivity index (χ3v) is 3.55. The second-order valence-electron chi connectivity index (χ2n) is 4.32. The van der Waals surface area contributed by atoms with E-state index in [1.165, 1.54) is 0 Å². The Balaban J connectivity index is 4.32. The highest BCUT2D eigenvalue weighted by Gasteiger charge is 2.56. The number of rotatable bonds is 7. The lowest BCUT2D eigenvalue weighted by molar-refractivity contribution is -0.923. The quantitative estimate of drug-likeness (QED) is 0.483. The van der Waals surface area contributed by atoms with Gasteiger partial charge in [-0.2, -0.15) is 22.0 Å². The molecule has 104 valence electrons. The summed E-state index contributed by atoms with van der Waals surface area (Å²) in [6.45, 7) is 8.41. The summed E-state index contributed by atoms with van der Waals surface area (Å²) in [6, 6.07) is 0. The zero-order valence-electron chi connectivity index (χ0n) is 10.6. The molecule has 0 fully saturated rings. The topological polar surface area (TPSA) is 0 Å². The molecule has 0 N–H and O–H groups in total. The van der Waals surface area contributed by atoms with Crippen LogP contribution in [0.5, 0.6) is 0 Å². The van der Waals surface area contributed by atoms with Gasteiger partial charge in [0.05, 0.1) is 26.2 Å². The van der Waals surface area contributed by atoms with Gasteiger partial charge in [0, 0.05) is 12.8 Å². The fourth-order valence-electron chi connectivity index (χ4n) is 1.92. The molecule has 0 bridgehead atoms. The Labute approximate surface area is 99.2 Å². The van der Waals surface area contributed by atoms with Crippen molar-refractivity contribution in [2.45, 2.75) is 45.7 Å². The van der Waals surface area contributed by atoms with Crippen LogP contribution in [-0.2, 0) is 0 Å². The van der Waals surface area contributed by atoms with Crippen molar-refractivity contribution in [1.29, 1.82) is 0 Å². The molecule has 0 rings (SSSR count). The van der Waals surface area contributed by atoms with Gasteiger partial charge in [-0.15, -0.1) is 0 Å². The minimum atomic E-state index is -5.42. The summed E-state index contributed by atoms with van der Waals surface area (Å²) < 4.78 is 61.8. The maximum absolute atomic E-state index is 12.7. The van der Waals surface area contributed by atoms with Crippen LogP contribution in [0.25, 0.3) is 0 Å². The molecule has 1 nitrogen and oxygen atoms in total. The fraction of sp³-hybridized carbons (Fsp3) is 1.00. The Morgan fingerprint density at radius 3 is 1.53 bits per heavy atom. The molecule has 0 aromatic rings. The van der Waals surface area contributed by atoms with Gasteiger partial charge in [-0.1, -0.05) is 0 Å². The molecule has 6 heteroatoms. The van der Waals surface area contributed by atoms with E-state index in [1.54, 1.807) is 0 Å². The van der Waals surface area contributed by atoms with Crippen LogP contribution < -0.4 is 0 Å². The highest BCUT2D eigenvalue weighted by molar-refractivity contribution is 4.75. The molecule has 0 atom stereocenters. The third kappa shape index (κ3) is 4.41. The molecule has 0 spiro atoms. The second kappa shape index (κ2) is 5.98. The van der Waals surface area contributed by atoms with Crippen LogP contribution in [0.3, 0.4) is 0 Å². The Hall–Kier alpha value is -0.390. The van der Waals surface area contributed by atoms with Gasteiger partial charge < -0.3 is 4.48 Å². The van der Waals surface area contributed by atoms with Crippen molar-refractivity contribution in [2.75, 3.05) is 26.2 Å². The van der Waals surface area contributed by atoms with Crippen molar-refractivity contribution in [1.82, 2.24) is 0 Å². The molecule has 0 saturated heterocycles. The Morgan fingerprint density at radius 2 is 1.24 bits per heavy atom. The van der Waals surface area contributed by atoms with Crippen LogP contribution in [0.1, 0.15) is 33.6 Å². The number of nitrogens with zero attached hydrogens (tertiary/aromatic N) is 1. The van der Waals surface area contributed by atoms with Crippen LogP contribution in [0.2, 0.25) is 0 Å². The van der Waals surface area contributed by atoms with Crippen molar-refractivity contribution in [2.24, 2.45) is 0 Å². The van der Waals surface area contributed by atoms with E-state index in [-0.39, 0.29) is 6.42 Å².